The van der Waals surface area contributed by atoms with E-state index in [1.807, 2.05) is 4.90 Å². The Morgan fingerprint density at radius 1 is 1.18 bits per heavy atom. The smallest absolute Gasteiger partial charge is 0.246 e. The van der Waals surface area contributed by atoms with Crippen molar-refractivity contribution in [3.63, 3.8) is 0 Å². The van der Waals surface area contributed by atoms with Crippen molar-refractivity contribution in [3.05, 3.63) is 41.9 Å². The van der Waals surface area contributed by atoms with Crippen molar-refractivity contribution in [1.29, 1.82) is 0 Å². The lowest BCUT2D eigenvalue weighted by atomic mass is 10.2. The molecule has 2 aliphatic rings. The Balaban J connectivity index is 1.34. The normalized spacial score (nSPS) is 20.2. The molecule has 1 aromatic heterocycles. The minimum absolute atomic E-state index is 0.144. The monoisotopic (exact) mass is 479 g/mol. The molecule has 3 heterocycles. The molecular weight excluding hydrogens is 453 g/mol. The van der Waals surface area contributed by atoms with Crippen LogP contribution in [0.15, 0.2) is 39.8 Å². The zero-order chi connectivity index (χ0) is 23.6. The van der Waals surface area contributed by atoms with E-state index in [4.69, 9.17) is 4.52 Å². The van der Waals surface area contributed by atoms with Gasteiger partial charge >= 0.3 is 0 Å². The minimum Gasteiger partial charge on any atom is -0.360 e. The van der Waals surface area contributed by atoms with E-state index in [9.17, 15) is 22.4 Å². The third-order valence-corrected chi connectivity index (χ3v) is 7.80. The van der Waals surface area contributed by atoms with Crippen LogP contribution in [-0.2, 0) is 19.6 Å². The first kappa shape index (κ1) is 23.3. The van der Waals surface area contributed by atoms with Gasteiger partial charge < -0.3 is 14.7 Å². The number of hydrogen-bond donors (Lipinski definition) is 1. The molecule has 2 saturated heterocycles. The third-order valence-electron chi connectivity index (χ3n) is 5.86. The second-order valence-corrected chi connectivity index (χ2v) is 10.0. The molecule has 0 bridgehead atoms. The van der Waals surface area contributed by atoms with E-state index in [2.05, 4.69) is 10.5 Å². The third kappa shape index (κ3) is 5.07. The molecule has 1 unspecified atom stereocenters. The first-order chi connectivity index (χ1) is 15.8. The molecule has 2 aliphatic heterocycles. The number of benzene rings is 1. The molecule has 1 aromatic carbocycles. The number of hydrogen-bond acceptors (Lipinski definition) is 7. The van der Waals surface area contributed by atoms with Crippen LogP contribution in [0, 0.1) is 12.7 Å². The van der Waals surface area contributed by atoms with Gasteiger partial charge in [0.15, 0.2) is 5.82 Å². The highest BCUT2D eigenvalue weighted by Crippen LogP contribution is 2.28. The van der Waals surface area contributed by atoms with Crippen LogP contribution in [0.3, 0.4) is 0 Å². The van der Waals surface area contributed by atoms with Gasteiger partial charge in [0.05, 0.1) is 6.54 Å². The molecule has 1 N–H and O–H groups in total. The van der Waals surface area contributed by atoms with Gasteiger partial charge in [-0.1, -0.05) is 17.3 Å². The largest absolute Gasteiger partial charge is 0.360 e. The molecule has 12 heteroatoms. The molecule has 2 aromatic rings. The fourth-order valence-electron chi connectivity index (χ4n) is 4.20. The number of nitrogens with one attached hydrogen (secondary N) is 1. The number of carbonyl (C=O) groups excluding carboxylic acids is 2. The standard InChI is InChI=1S/C21H26FN5O5S/c1-15-13-19(24-32-15)23-20(28)14-25-9-11-26(12-10-25)21(29)17-6-4-8-27(17)33(30,31)18-7-3-2-5-16(18)22/h2-3,5,7,13,17H,4,6,8-12,14H2,1H3,(H,23,24,28). The second kappa shape index (κ2) is 9.57. The van der Waals surface area contributed by atoms with Crippen molar-refractivity contribution >= 4 is 27.7 Å². The molecule has 0 spiro atoms. The number of piperazine rings is 1. The number of aryl methyl sites for hydroxylation is 1. The molecule has 0 saturated carbocycles. The van der Waals surface area contributed by atoms with Crippen LogP contribution < -0.4 is 5.32 Å². The molecule has 0 radical (unpaired) electrons. The summed E-state index contributed by atoms with van der Waals surface area (Å²) in [6.45, 7) is 3.75. The summed E-state index contributed by atoms with van der Waals surface area (Å²) in [5, 5.41) is 6.39. The van der Waals surface area contributed by atoms with Gasteiger partial charge in [0, 0.05) is 38.8 Å². The number of sulfonamides is 1. The lowest BCUT2D eigenvalue weighted by Gasteiger charge is -2.36. The van der Waals surface area contributed by atoms with Crippen molar-refractivity contribution in [3.8, 4) is 0 Å². The van der Waals surface area contributed by atoms with Gasteiger partial charge in [-0.3, -0.25) is 14.5 Å². The summed E-state index contributed by atoms with van der Waals surface area (Å²) in [4.78, 5) is 28.5. The SMILES string of the molecule is Cc1cc(NC(=O)CN2CCN(C(=O)C3CCCN3S(=O)(=O)c3ccccc3F)CC2)no1. The molecule has 1 atom stereocenters. The fourth-order valence-corrected chi connectivity index (χ4v) is 5.92. The predicted molar refractivity (Wildman–Crippen MR) is 116 cm³/mol. The molecular formula is C21H26FN5O5S. The van der Waals surface area contributed by atoms with Crippen molar-refractivity contribution in [1.82, 2.24) is 19.3 Å². The number of amides is 2. The minimum atomic E-state index is -4.12. The maximum Gasteiger partial charge on any atom is 0.246 e. The number of nitrogens with zero attached hydrogens (tertiary/aromatic N) is 4. The summed E-state index contributed by atoms with van der Waals surface area (Å²) < 4.78 is 46.3. The Morgan fingerprint density at radius 2 is 1.91 bits per heavy atom. The van der Waals surface area contributed by atoms with Crippen LogP contribution in [0.1, 0.15) is 18.6 Å². The van der Waals surface area contributed by atoms with Crippen molar-refractivity contribution < 1.29 is 26.9 Å². The molecule has 0 aliphatic carbocycles. The van der Waals surface area contributed by atoms with Crippen LogP contribution in [0.2, 0.25) is 0 Å². The van der Waals surface area contributed by atoms with Gasteiger partial charge in [-0.25, -0.2) is 12.8 Å². The lowest BCUT2D eigenvalue weighted by molar-refractivity contribution is -0.136. The quantitative estimate of drug-likeness (QED) is 0.659. The van der Waals surface area contributed by atoms with Gasteiger partial charge in [-0.2, -0.15) is 4.31 Å². The van der Waals surface area contributed by atoms with Crippen LogP contribution in [0.25, 0.3) is 0 Å². The highest BCUT2D eigenvalue weighted by Gasteiger charge is 2.42. The van der Waals surface area contributed by atoms with Gasteiger partial charge in [-0.15, -0.1) is 0 Å². The van der Waals surface area contributed by atoms with Gasteiger partial charge in [0.25, 0.3) is 0 Å². The molecule has 4 rings (SSSR count). The molecule has 2 fully saturated rings. The number of carbonyl (C=O) groups is 2. The first-order valence-corrected chi connectivity index (χ1v) is 12.2. The maximum atomic E-state index is 14.2. The summed E-state index contributed by atoms with van der Waals surface area (Å²) in [6.07, 6.45) is 0.929. The summed E-state index contributed by atoms with van der Waals surface area (Å²) in [7, 11) is -4.12. The predicted octanol–water partition coefficient (Wildman–Crippen LogP) is 1.06. The Morgan fingerprint density at radius 3 is 2.58 bits per heavy atom. The Labute approximate surface area is 191 Å². The Hall–Kier alpha value is -2.83. The van der Waals surface area contributed by atoms with E-state index < -0.39 is 26.8 Å². The number of halogens is 1. The van der Waals surface area contributed by atoms with E-state index in [0.717, 1.165) is 10.4 Å². The molecule has 10 nitrogen and oxygen atoms in total. The van der Waals surface area contributed by atoms with Crippen molar-refractivity contribution in [2.45, 2.75) is 30.7 Å². The summed E-state index contributed by atoms with van der Waals surface area (Å²) >= 11 is 0. The van der Waals surface area contributed by atoms with Gasteiger partial charge in [0.1, 0.15) is 22.5 Å². The van der Waals surface area contributed by atoms with E-state index >= 15 is 0 Å². The zero-order valence-corrected chi connectivity index (χ0v) is 19.1. The van der Waals surface area contributed by atoms with Crippen molar-refractivity contribution in [2.24, 2.45) is 0 Å². The first-order valence-electron chi connectivity index (χ1n) is 10.8. The average Bonchev–Trinajstić information content (AvgIpc) is 3.43. The van der Waals surface area contributed by atoms with E-state index in [-0.39, 0.29) is 24.9 Å². The average molecular weight is 480 g/mol. The van der Waals surface area contributed by atoms with Crippen LogP contribution in [-0.4, -0.2) is 84.8 Å². The number of anilines is 1. The van der Waals surface area contributed by atoms with E-state index in [1.165, 1.54) is 18.2 Å². The topological polar surface area (TPSA) is 116 Å². The Kier molecular flexibility index (Phi) is 6.77. The summed E-state index contributed by atoms with van der Waals surface area (Å²) in [6, 6.07) is 5.97. The maximum absolute atomic E-state index is 14.2. The fraction of sp³-hybridized carbons (Fsp3) is 0.476. The highest BCUT2D eigenvalue weighted by molar-refractivity contribution is 7.89. The van der Waals surface area contributed by atoms with Crippen LogP contribution in [0.5, 0.6) is 0 Å². The highest BCUT2D eigenvalue weighted by atomic mass is 32.2. The second-order valence-electron chi connectivity index (χ2n) is 8.18. The summed E-state index contributed by atoms with van der Waals surface area (Å²) in [5.41, 5.74) is 0. The van der Waals surface area contributed by atoms with E-state index in [1.54, 1.807) is 17.9 Å². The molecule has 33 heavy (non-hydrogen) atoms. The lowest BCUT2D eigenvalue weighted by Crippen LogP contribution is -2.55. The summed E-state index contributed by atoms with van der Waals surface area (Å²) in [5.74, 6) is -0.405. The van der Waals surface area contributed by atoms with Gasteiger partial charge in [-0.05, 0) is 31.9 Å². The van der Waals surface area contributed by atoms with E-state index in [0.29, 0.717) is 50.6 Å². The van der Waals surface area contributed by atoms with Crippen LogP contribution in [0.4, 0.5) is 10.2 Å². The zero-order valence-electron chi connectivity index (χ0n) is 18.2. The number of rotatable bonds is 6. The van der Waals surface area contributed by atoms with Gasteiger partial charge in [0.2, 0.25) is 21.8 Å². The van der Waals surface area contributed by atoms with Crippen molar-refractivity contribution in [2.75, 3.05) is 44.6 Å². The molecule has 2 amide bonds. The Bertz CT molecular complexity index is 1130. The van der Waals surface area contributed by atoms with Crippen LogP contribution >= 0.6 is 0 Å². The molecule has 178 valence electrons. The number of aromatic nitrogens is 1.